The maximum atomic E-state index is 11.3. The SMILES string of the molecule is C/C(=C(\N)NC1=CC=CC(C)(S(=O)(=O)O)C=C1)C(C)N. The predicted octanol–water partition coefficient (Wildman–Crippen LogP) is 0.770. The molecule has 0 fully saturated rings. The lowest BCUT2D eigenvalue weighted by atomic mass is 10.1. The van der Waals surface area contributed by atoms with E-state index in [1.54, 1.807) is 18.2 Å². The number of nitrogens with two attached hydrogens (primary N) is 2. The molecule has 2 unspecified atom stereocenters. The van der Waals surface area contributed by atoms with Gasteiger partial charge in [-0.25, -0.2) is 0 Å². The maximum Gasteiger partial charge on any atom is 0.277 e. The van der Waals surface area contributed by atoms with E-state index in [1.807, 2.05) is 13.8 Å². The van der Waals surface area contributed by atoms with E-state index in [-0.39, 0.29) is 6.04 Å². The molecule has 1 aliphatic rings. The van der Waals surface area contributed by atoms with Crippen molar-refractivity contribution < 1.29 is 13.0 Å². The summed E-state index contributed by atoms with van der Waals surface area (Å²) < 4.78 is 30.5. The van der Waals surface area contributed by atoms with Crippen LogP contribution >= 0.6 is 0 Å². The smallest absolute Gasteiger partial charge is 0.277 e. The van der Waals surface area contributed by atoms with E-state index < -0.39 is 14.9 Å². The average molecular weight is 299 g/mol. The van der Waals surface area contributed by atoms with Crippen molar-refractivity contribution in [1.82, 2.24) is 5.32 Å². The van der Waals surface area contributed by atoms with Crippen molar-refractivity contribution in [2.24, 2.45) is 11.5 Å². The van der Waals surface area contributed by atoms with Crippen LogP contribution in [0.5, 0.6) is 0 Å². The van der Waals surface area contributed by atoms with Gasteiger partial charge in [-0.1, -0.05) is 18.2 Å². The molecule has 0 saturated carbocycles. The molecule has 0 spiro atoms. The summed E-state index contributed by atoms with van der Waals surface area (Å²) in [6.45, 7) is 5.03. The van der Waals surface area contributed by atoms with Gasteiger partial charge in [0, 0.05) is 11.7 Å². The normalized spacial score (nSPS) is 25.6. The fourth-order valence-electron chi connectivity index (χ4n) is 1.46. The minimum Gasteiger partial charge on any atom is -0.385 e. The number of rotatable bonds is 4. The van der Waals surface area contributed by atoms with Crippen LogP contribution in [0.15, 0.2) is 47.5 Å². The van der Waals surface area contributed by atoms with Gasteiger partial charge in [0.15, 0.2) is 0 Å². The number of allylic oxidation sites excluding steroid dienone is 3. The number of hydrogen-bond acceptors (Lipinski definition) is 5. The second-order valence-corrected chi connectivity index (χ2v) is 6.81. The molecule has 0 aromatic rings. The molecule has 0 aromatic heterocycles. The van der Waals surface area contributed by atoms with E-state index in [1.165, 1.54) is 19.1 Å². The third-order valence-electron chi connectivity index (χ3n) is 3.24. The quantitative estimate of drug-likeness (QED) is 0.569. The fraction of sp³-hybridized carbons (Fsp3) is 0.385. The van der Waals surface area contributed by atoms with Crippen LogP contribution < -0.4 is 16.8 Å². The van der Waals surface area contributed by atoms with Crippen LogP contribution in [0.3, 0.4) is 0 Å². The van der Waals surface area contributed by atoms with E-state index in [4.69, 9.17) is 11.5 Å². The molecule has 0 aromatic carbocycles. The summed E-state index contributed by atoms with van der Waals surface area (Å²) in [7, 11) is -4.23. The first kappa shape index (κ1) is 16.5. The summed E-state index contributed by atoms with van der Waals surface area (Å²) in [4.78, 5) is 0. The molecule has 0 heterocycles. The van der Waals surface area contributed by atoms with Crippen LogP contribution in [0.4, 0.5) is 0 Å². The maximum absolute atomic E-state index is 11.3. The highest BCUT2D eigenvalue weighted by Crippen LogP contribution is 2.22. The van der Waals surface area contributed by atoms with Crippen molar-refractivity contribution in [2.75, 3.05) is 0 Å². The molecule has 0 amide bonds. The van der Waals surface area contributed by atoms with Gasteiger partial charge in [-0.15, -0.1) is 0 Å². The molecule has 20 heavy (non-hydrogen) atoms. The summed E-state index contributed by atoms with van der Waals surface area (Å²) >= 11 is 0. The number of nitrogens with one attached hydrogen (secondary N) is 1. The standard InChI is InChI=1S/C13H21N3O3S/c1-9(10(2)14)12(15)16-11-5-4-7-13(3,8-6-11)20(17,18)19/h4-8,10,16H,14-15H2,1-3H3,(H,17,18,19)/b12-9-. The Labute approximate surface area is 119 Å². The van der Waals surface area contributed by atoms with Crippen LogP contribution in [-0.4, -0.2) is 23.8 Å². The van der Waals surface area contributed by atoms with E-state index in [9.17, 15) is 13.0 Å². The summed E-state index contributed by atoms with van der Waals surface area (Å²) in [6, 6.07) is -0.184. The van der Waals surface area contributed by atoms with Gasteiger partial charge < -0.3 is 16.8 Å². The van der Waals surface area contributed by atoms with Crippen LogP contribution in [0.1, 0.15) is 20.8 Å². The Kier molecular flexibility index (Phi) is 4.80. The Morgan fingerprint density at radius 3 is 2.55 bits per heavy atom. The van der Waals surface area contributed by atoms with Crippen molar-refractivity contribution in [3.63, 3.8) is 0 Å². The van der Waals surface area contributed by atoms with Crippen molar-refractivity contribution in [3.05, 3.63) is 47.5 Å². The average Bonchev–Trinajstić information content (AvgIpc) is 2.51. The third-order valence-corrected chi connectivity index (χ3v) is 4.62. The zero-order valence-electron chi connectivity index (χ0n) is 11.8. The molecule has 0 bridgehead atoms. The van der Waals surface area contributed by atoms with Crippen molar-refractivity contribution in [2.45, 2.75) is 31.6 Å². The fourth-order valence-corrected chi connectivity index (χ4v) is 1.95. The molecule has 0 aliphatic heterocycles. The summed E-state index contributed by atoms with van der Waals surface area (Å²) in [5.41, 5.74) is 13.0. The summed E-state index contributed by atoms with van der Waals surface area (Å²) in [6.07, 6.45) is 7.54. The minimum absolute atomic E-state index is 0.184. The topological polar surface area (TPSA) is 118 Å². The highest BCUT2D eigenvalue weighted by atomic mass is 32.2. The van der Waals surface area contributed by atoms with Gasteiger partial charge in [-0.2, -0.15) is 8.42 Å². The second-order valence-electron chi connectivity index (χ2n) is 4.98. The Bertz CT molecular complexity index is 600. The van der Waals surface area contributed by atoms with Crippen LogP contribution in [0.25, 0.3) is 0 Å². The molecule has 6 nitrogen and oxygen atoms in total. The van der Waals surface area contributed by atoms with Gasteiger partial charge >= 0.3 is 0 Å². The molecular weight excluding hydrogens is 278 g/mol. The van der Waals surface area contributed by atoms with Gasteiger partial charge in [0.05, 0.1) is 0 Å². The van der Waals surface area contributed by atoms with Gasteiger partial charge in [0.1, 0.15) is 10.6 Å². The zero-order chi connectivity index (χ0) is 15.6. The Morgan fingerprint density at radius 1 is 1.45 bits per heavy atom. The molecule has 7 heteroatoms. The number of hydrogen-bond donors (Lipinski definition) is 4. The second kappa shape index (κ2) is 5.82. The van der Waals surface area contributed by atoms with Crippen LogP contribution in [0.2, 0.25) is 0 Å². The largest absolute Gasteiger partial charge is 0.385 e. The van der Waals surface area contributed by atoms with Crippen LogP contribution in [-0.2, 0) is 10.1 Å². The molecule has 2 atom stereocenters. The highest BCUT2D eigenvalue weighted by Gasteiger charge is 2.32. The lowest BCUT2D eigenvalue weighted by molar-refractivity contribution is 0.466. The van der Waals surface area contributed by atoms with Crippen LogP contribution in [0, 0.1) is 0 Å². The van der Waals surface area contributed by atoms with E-state index >= 15 is 0 Å². The van der Waals surface area contributed by atoms with E-state index in [0.29, 0.717) is 11.5 Å². The van der Waals surface area contributed by atoms with Gasteiger partial charge in [0.2, 0.25) is 0 Å². The third kappa shape index (κ3) is 3.72. The Balaban J connectivity index is 3.00. The lowest BCUT2D eigenvalue weighted by Crippen LogP contribution is -2.30. The van der Waals surface area contributed by atoms with Gasteiger partial charge in [-0.05, 0) is 38.5 Å². The molecular formula is C13H21N3O3S. The molecule has 1 aliphatic carbocycles. The van der Waals surface area contributed by atoms with Crippen molar-refractivity contribution in [1.29, 1.82) is 0 Å². The Hall–Kier alpha value is -1.57. The minimum atomic E-state index is -4.23. The highest BCUT2D eigenvalue weighted by molar-refractivity contribution is 7.87. The van der Waals surface area contributed by atoms with E-state index in [0.717, 1.165) is 5.57 Å². The zero-order valence-corrected chi connectivity index (χ0v) is 12.6. The summed E-state index contributed by atoms with van der Waals surface area (Å²) in [5, 5.41) is 2.95. The van der Waals surface area contributed by atoms with E-state index in [2.05, 4.69) is 5.32 Å². The lowest BCUT2D eigenvalue weighted by Gasteiger charge is -2.17. The first-order chi connectivity index (χ1) is 9.07. The van der Waals surface area contributed by atoms with Gasteiger partial charge in [-0.3, -0.25) is 4.55 Å². The molecule has 0 saturated heterocycles. The van der Waals surface area contributed by atoms with Gasteiger partial charge in [0.25, 0.3) is 10.1 Å². The molecule has 1 rings (SSSR count). The first-order valence-corrected chi connectivity index (χ1v) is 7.55. The summed E-state index contributed by atoms with van der Waals surface area (Å²) in [5.74, 6) is 0.416. The monoisotopic (exact) mass is 299 g/mol. The van der Waals surface area contributed by atoms with Crippen molar-refractivity contribution in [3.8, 4) is 0 Å². The van der Waals surface area contributed by atoms with Crippen molar-refractivity contribution >= 4 is 10.1 Å². The molecule has 112 valence electrons. The first-order valence-electron chi connectivity index (χ1n) is 6.11. The molecule has 6 N–H and O–H groups in total. The molecule has 0 radical (unpaired) electrons. The predicted molar refractivity (Wildman–Crippen MR) is 80.0 cm³/mol. The Morgan fingerprint density at radius 2 is 2.05 bits per heavy atom.